The van der Waals surface area contributed by atoms with Crippen LogP contribution < -0.4 is 10.1 Å². The largest absolute Gasteiger partial charge is 0.497 e. The first kappa shape index (κ1) is 20.4. The first-order valence-electron chi connectivity index (χ1n) is 10.3. The molecule has 3 aromatic rings. The molecule has 1 fully saturated rings. The Balaban J connectivity index is 1.85. The Kier molecular flexibility index (Phi) is 5.52. The first-order valence-corrected chi connectivity index (χ1v) is 10.7. The molecule has 0 unspecified atom stereocenters. The van der Waals surface area contributed by atoms with E-state index in [2.05, 4.69) is 71.7 Å². The highest BCUT2D eigenvalue weighted by molar-refractivity contribution is 7.80. The van der Waals surface area contributed by atoms with E-state index < -0.39 is 0 Å². The van der Waals surface area contributed by atoms with Gasteiger partial charge in [-0.1, -0.05) is 12.1 Å². The summed E-state index contributed by atoms with van der Waals surface area (Å²) in [7, 11) is 1.70. The van der Waals surface area contributed by atoms with Crippen LogP contribution in [0.2, 0.25) is 0 Å². The van der Waals surface area contributed by atoms with E-state index in [-0.39, 0.29) is 18.1 Å². The SMILES string of the molecule is COc1cccc(-n2c(C)cc([C@@H]3[C@@H](c4ccccn4)NC(=S)N3C(C)C)c2C)c1. The number of thiocarbonyl (C=S) groups is 1. The van der Waals surface area contributed by atoms with Crippen molar-refractivity contribution in [1.29, 1.82) is 0 Å². The monoisotopic (exact) mass is 420 g/mol. The fourth-order valence-electron chi connectivity index (χ4n) is 4.49. The number of nitrogens with zero attached hydrogens (tertiary/aromatic N) is 3. The van der Waals surface area contributed by atoms with Gasteiger partial charge < -0.3 is 19.5 Å². The molecule has 0 radical (unpaired) electrons. The molecule has 2 aromatic heterocycles. The molecule has 0 spiro atoms. The van der Waals surface area contributed by atoms with Gasteiger partial charge >= 0.3 is 0 Å². The second-order valence-corrected chi connectivity index (χ2v) is 8.38. The van der Waals surface area contributed by atoms with E-state index in [1.165, 1.54) is 17.0 Å². The number of ether oxygens (including phenoxy) is 1. The van der Waals surface area contributed by atoms with Gasteiger partial charge in [-0.25, -0.2) is 0 Å². The third-order valence-electron chi connectivity index (χ3n) is 5.79. The Morgan fingerprint density at radius 2 is 1.90 bits per heavy atom. The summed E-state index contributed by atoms with van der Waals surface area (Å²) in [4.78, 5) is 6.93. The quantitative estimate of drug-likeness (QED) is 0.596. The van der Waals surface area contributed by atoms with Crippen LogP contribution >= 0.6 is 12.2 Å². The maximum absolute atomic E-state index is 5.74. The van der Waals surface area contributed by atoms with Gasteiger partial charge in [-0.05, 0) is 75.8 Å². The Morgan fingerprint density at radius 3 is 2.57 bits per heavy atom. The van der Waals surface area contributed by atoms with Crippen molar-refractivity contribution in [3.05, 3.63) is 77.4 Å². The van der Waals surface area contributed by atoms with Crippen molar-refractivity contribution in [3.63, 3.8) is 0 Å². The zero-order chi connectivity index (χ0) is 21.4. The number of benzene rings is 1. The van der Waals surface area contributed by atoms with Crippen LogP contribution in [0.15, 0.2) is 54.7 Å². The van der Waals surface area contributed by atoms with Crippen molar-refractivity contribution in [2.45, 2.75) is 45.8 Å². The second kappa shape index (κ2) is 8.11. The van der Waals surface area contributed by atoms with Gasteiger partial charge in [0.15, 0.2) is 5.11 Å². The summed E-state index contributed by atoms with van der Waals surface area (Å²) in [5, 5.41) is 4.30. The number of aromatic nitrogens is 2. The van der Waals surface area contributed by atoms with E-state index in [9.17, 15) is 0 Å². The molecule has 1 aliphatic heterocycles. The molecule has 0 saturated carbocycles. The van der Waals surface area contributed by atoms with Crippen LogP contribution in [0, 0.1) is 13.8 Å². The van der Waals surface area contributed by atoms with Crippen LogP contribution in [0.25, 0.3) is 5.69 Å². The molecule has 4 rings (SSSR count). The lowest BCUT2D eigenvalue weighted by Gasteiger charge is -2.31. The molecule has 30 heavy (non-hydrogen) atoms. The highest BCUT2D eigenvalue weighted by Crippen LogP contribution is 2.42. The Labute approximate surface area is 183 Å². The normalized spacial score (nSPS) is 18.7. The van der Waals surface area contributed by atoms with Crippen molar-refractivity contribution in [2.24, 2.45) is 0 Å². The molecule has 1 aromatic carbocycles. The Hall–Kier alpha value is -2.86. The van der Waals surface area contributed by atoms with Crippen molar-refractivity contribution in [1.82, 2.24) is 19.8 Å². The van der Waals surface area contributed by atoms with Crippen LogP contribution in [0.4, 0.5) is 0 Å². The molecule has 3 heterocycles. The minimum absolute atomic E-state index is 0.000333. The predicted molar refractivity (Wildman–Crippen MR) is 124 cm³/mol. The lowest BCUT2D eigenvalue weighted by molar-refractivity contribution is 0.269. The molecule has 1 N–H and O–H groups in total. The second-order valence-electron chi connectivity index (χ2n) is 7.99. The summed E-state index contributed by atoms with van der Waals surface area (Å²) >= 11 is 5.74. The van der Waals surface area contributed by atoms with E-state index in [1.54, 1.807) is 7.11 Å². The average molecular weight is 421 g/mol. The smallest absolute Gasteiger partial charge is 0.170 e. The van der Waals surface area contributed by atoms with E-state index in [0.717, 1.165) is 22.2 Å². The van der Waals surface area contributed by atoms with Crippen molar-refractivity contribution >= 4 is 17.3 Å². The molecule has 0 bridgehead atoms. The zero-order valence-electron chi connectivity index (χ0n) is 18.1. The molecule has 6 heteroatoms. The molecular weight excluding hydrogens is 392 g/mol. The van der Waals surface area contributed by atoms with E-state index >= 15 is 0 Å². The summed E-state index contributed by atoms with van der Waals surface area (Å²) in [6.45, 7) is 8.69. The van der Waals surface area contributed by atoms with Gasteiger partial charge in [0.25, 0.3) is 0 Å². The van der Waals surface area contributed by atoms with E-state index in [0.29, 0.717) is 0 Å². The lowest BCUT2D eigenvalue weighted by Crippen LogP contribution is -2.35. The lowest BCUT2D eigenvalue weighted by atomic mass is 9.96. The van der Waals surface area contributed by atoms with Crippen molar-refractivity contribution in [3.8, 4) is 11.4 Å². The Morgan fingerprint density at radius 1 is 1.10 bits per heavy atom. The summed E-state index contributed by atoms with van der Waals surface area (Å²) < 4.78 is 7.73. The number of rotatable bonds is 5. The Bertz CT molecular complexity index is 1060. The zero-order valence-corrected chi connectivity index (χ0v) is 18.9. The summed E-state index contributed by atoms with van der Waals surface area (Å²) in [6.07, 6.45) is 1.84. The number of aryl methyl sites for hydroxylation is 1. The van der Waals surface area contributed by atoms with E-state index in [4.69, 9.17) is 17.0 Å². The first-order chi connectivity index (χ1) is 14.4. The molecule has 1 saturated heterocycles. The summed E-state index contributed by atoms with van der Waals surface area (Å²) in [5.41, 5.74) is 5.72. The minimum Gasteiger partial charge on any atom is -0.497 e. The van der Waals surface area contributed by atoms with Crippen LogP contribution in [-0.4, -0.2) is 32.7 Å². The summed E-state index contributed by atoms with van der Waals surface area (Å²) in [6, 6.07) is 16.8. The highest BCUT2D eigenvalue weighted by Gasteiger charge is 2.42. The van der Waals surface area contributed by atoms with Gasteiger partial charge in [0.1, 0.15) is 5.75 Å². The number of methoxy groups -OCH3 is 1. The third kappa shape index (κ3) is 3.45. The number of hydrogen-bond acceptors (Lipinski definition) is 3. The van der Waals surface area contributed by atoms with Gasteiger partial charge in [-0.2, -0.15) is 0 Å². The maximum atomic E-state index is 5.74. The van der Waals surface area contributed by atoms with Crippen LogP contribution in [0.3, 0.4) is 0 Å². The van der Waals surface area contributed by atoms with Crippen LogP contribution in [0.5, 0.6) is 5.75 Å². The van der Waals surface area contributed by atoms with Crippen LogP contribution in [0.1, 0.15) is 48.6 Å². The molecule has 0 amide bonds. The number of nitrogens with one attached hydrogen (secondary N) is 1. The van der Waals surface area contributed by atoms with Crippen molar-refractivity contribution < 1.29 is 4.74 Å². The molecule has 1 aliphatic rings. The van der Waals surface area contributed by atoms with Gasteiger partial charge in [-0.3, -0.25) is 4.98 Å². The van der Waals surface area contributed by atoms with Gasteiger partial charge in [0.05, 0.1) is 24.9 Å². The highest BCUT2D eigenvalue weighted by atomic mass is 32.1. The fraction of sp³-hybridized carbons (Fsp3) is 0.333. The maximum Gasteiger partial charge on any atom is 0.170 e. The van der Waals surface area contributed by atoms with Crippen LogP contribution in [-0.2, 0) is 0 Å². The number of pyridine rings is 1. The molecule has 0 aliphatic carbocycles. The summed E-state index contributed by atoms with van der Waals surface area (Å²) in [5.74, 6) is 0.848. The molecule has 156 valence electrons. The molecule has 2 atom stereocenters. The topological polar surface area (TPSA) is 42.3 Å². The predicted octanol–water partition coefficient (Wildman–Crippen LogP) is 4.88. The van der Waals surface area contributed by atoms with Gasteiger partial charge in [0, 0.05) is 35.4 Å². The standard InChI is InChI=1S/C24H28N4OS/c1-15(2)27-23(22(26-24(27)30)21-11-6-7-12-25-21)20-13-16(3)28(17(20)4)18-9-8-10-19(14-18)29-5/h6-15,22-23H,1-5H3,(H,26,30)/t22-,23-/m1/s1. The minimum atomic E-state index is 0.000333. The van der Waals surface area contributed by atoms with Crippen molar-refractivity contribution in [2.75, 3.05) is 7.11 Å². The molecular formula is C24H28N4OS. The van der Waals surface area contributed by atoms with Gasteiger partial charge in [-0.15, -0.1) is 0 Å². The molecule has 5 nitrogen and oxygen atoms in total. The fourth-order valence-corrected chi connectivity index (χ4v) is 4.94. The number of hydrogen-bond donors (Lipinski definition) is 1. The van der Waals surface area contributed by atoms with Gasteiger partial charge in [0.2, 0.25) is 0 Å². The van der Waals surface area contributed by atoms with E-state index in [1.807, 2.05) is 30.5 Å². The average Bonchev–Trinajstić information content (AvgIpc) is 3.24. The third-order valence-corrected chi connectivity index (χ3v) is 6.12.